The Labute approximate surface area is 168 Å². The third kappa shape index (κ3) is 4.16. The summed E-state index contributed by atoms with van der Waals surface area (Å²) in [5.41, 5.74) is 3.95. The molecule has 3 aromatic carbocycles. The summed E-state index contributed by atoms with van der Waals surface area (Å²) in [7, 11) is 1.62. The van der Waals surface area contributed by atoms with Crippen molar-refractivity contribution in [3.8, 4) is 28.6 Å². The second kappa shape index (κ2) is 7.98. The number of aryl methyl sites for hydroxylation is 1. The highest BCUT2D eigenvalue weighted by Crippen LogP contribution is 2.25. The fraction of sp³-hybridized carbons (Fsp3) is 0.0870. The van der Waals surface area contributed by atoms with Crippen LogP contribution in [0, 0.1) is 6.92 Å². The van der Waals surface area contributed by atoms with E-state index in [1.807, 2.05) is 61.5 Å². The molecule has 0 spiro atoms. The van der Waals surface area contributed by atoms with Crippen molar-refractivity contribution in [2.75, 3.05) is 12.4 Å². The average Bonchev–Trinajstić information content (AvgIpc) is 3.24. The van der Waals surface area contributed by atoms with E-state index in [0.29, 0.717) is 23.0 Å². The second-order valence-electron chi connectivity index (χ2n) is 6.55. The molecule has 4 aromatic rings. The molecule has 0 atom stereocenters. The zero-order valence-corrected chi connectivity index (χ0v) is 16.0. The molecule has 144 valence electrons. The number of benzene rings is 3. The minimum atomic E-state index is -0.152. The molecule has 0 aliphatic carbocycles. The molecule has 0 aliphatic rings. The van der Waals surface area contributed by atoms with Crippen LogP contribution in [0.3, 0.4) is 0 Å². The quantitative estimate of drug-likeness (QED) is 0.525. The fourth-order valence-electron chi connectivity index (χ4n) is 2.88. The Morgan fingerprint density at radius 3 is 2.38 bits per heavy atom. The molecule has 1 amide bonds. The van der Waals surface area contributed by atoms with Gasteiger partial charge in [0.2, 0.25) is 5.82 Å². The SMILES string of the molecule is COc1ccc(-c2noc(-c3ccc(NC(=O)c4cccc(C)c4)cc3)n2)cc1. The van der Waals surface area contributed by atoms with Gasteiger partial charge in [-0.2, -0.15) is 4.98 Å². The molecule has 1 N–H and O–H groups in total. The average molecular weight is 385 g/mol. The first-order valence-electron chi connectivity index (χ1n) is 9.09. The summed E-state index contributed by atoms with van der Waals surface area (Å²) >= 11 is 0. The molecule has 0 aliphatic heterocycles. The summed E-state index contributed by atoms with van der Waals surface area (Å²) in [4.78, 5) is 16.8. The third-order valence-corrected chi connectivity index (χ3v) is 4.44. The van der Waals surface area contributed by atoms with Crippen LogP contribution in [0.1, 0.15) is 15.9 Å². The monoisotopic (exact) mass is 385 g/mol. The van der Waals surface area contributed by atoms with E-state index in [0.717, 1.165) is 22.4 Å². The number of methoxy groups -OCH3 is 1. The molecule has 6 nitrogen and oxygen atoms in total. The van der Waals surface area contributed by atoms with Crippen molar-refractivity contribution >= 4 is 11.6 Å². The van der Waals surface area contributed by atoms with E-state index < -0.39 is 0 Å². The highest BCUT2D eigenvalue weighted by atomic mass is 16.5. The van der Waals surface area contributed by atoms with Crippen LogP contribution >= 0.6 is 0 Å². The van der Waals surface area contributed by atoms with Crippen molar-refractivity contribution in [3.05, 3.63) is 83.9 Å². The molecule has 29 heavy (non-hydrogen) atoms. The molecule has 0 saturated carbocycles. The summed E-state index contributed by atoms with van der Waals surface area (Å²) in [6.45, 7) is 1.95. The fourth-order valence-corrected chi connectivity index (χ4v) is 2.88. The van der Waals surface area contributed by atoms with Crippen LogP contribution in [-0.2, 0) is 0 Å². The number of carbonyl (C=O) groups excluding carboxylic acids is 1. The Morgan fingerprint density at radius 2 is 1.69 bits per heavy atom. The predicted octanol–water partition coefficient (Wildman–Crippen LogP) is 4.97. The van der Waals surface area contributed by atoms with Gasteiger partial charge in [0.1, 0.15) is 5.75 Å². The first kappa shape index (κ1) is 18.4. The molecule has 6 heteroatoms. The number of hydrogen-bond donors (Lipinski definition) is 1. The van der Waals surface area contributed by atoms with E-state index in [9.17, 15) is 4.79 Å². The lowest BCUT2D eigenvalue weighted by molar-refractivity contribution is 0.102. The third-order valence-electron chi connectivity index (χ3n) is 4.44. The van der Waals surface area contributed by atoms with Gasteiger partial charge in [0.15, 0.2) is 0 Å². The zero-order valence-electron chi connectivity index (χ0n) is 16.0. The van der Waals surface area contributed by atoms with E-state index in [1.54, 1.807) is 25.3 Å². The van der Waals surface area contributed by atoms with E-state index >= 15 is 0 Å². The lowest BCUT2D eigenvalue weighted by Gasteiger charge is -2.06. The van der Waals surface area contributed by atoms with Gasteiger partial charge < -0.3 is 14.6 Å². The largest absolute Gasteiger partial charge is 0.497 e. The topological polar surface area (TPSA) is 77.3 Å². The summed E-state index contributed by atoms with van der Waals surface area (Å²) in [6.07, 6.45) is 0. The van der Waals surface area contributed by atoms with Crippen LogP contribution in [0.4, 0.5) is 5.69 Å². The molecule has 0 bridgehead atoms. The normalized spacial score (nSPS) is 10.6. The van der Waals surface area contributed by atoms with Gasteiger partial charge in [-0.05, 0) is 67.6 Å². The van der Waals surface area contributed by atoms with E-state index in [2.05, 4.69) is 15.5 Å². The maximum absolute atomic E-state index is 12.4. The van der Waals surface area contributed by atoms with Crippen molar-refractivity contribution in [1.82, 2.24) is 10.1 Å². The van der Waals surface area contributed by atoms with Gasteiger partial charge in [0, 0.05) is 22.4 Å². The van der Waals surface area contributed by atoms with E-state index in [-0.39, 0.29) is 5.91 Å². The first-order chi connectivity index (χ1) is 14.1. The van der Waals surface area contributed by atoms with Gasteiger partial charge in [-0.1, -0.05) is 22.9 Å². The summed E-state index contributed by atoms with van der Waals surface area (Å²) in [6, 6.07) is 22.2. The Hall–Kier alpha value is -3.93. The van der Waals surface area contributed by atoms with Gasteiger partial charge in [0.05, 0.1) is 7.11 Å². The van der Waals surface area contributed by atoms with Gasteiger partial charge in [0.25, 0.3) is 11.8 Å². The van der Waals surface area contributed by atoms with Crippen LogP contribution in [0.2, 0.25) is 0 Å². The standard InChI is InChI=1S/C23H19N3O3/c1-15-4-3-5-18(14-15)22(27)24-19-10-6-17(7-11-19)23-25-21(26-29-23)16-8-12-20(28-2)13-9-16/h3-14H,1-2H3,(H,24,27). The van der Waals surface area contributed by atoms with Crippen molar-refractivity contribution in [2.24, 2.45) is 0 Å². The molecule has 4 rings (SSSR count). The Kier molecular flexibility index (Phi) is 5.07. The predicted molar refractivity (Wildman–Crippen MR) is 111 cm³/mol. The van der Waals surface area contributed by atoms with Crippen LogP contribution in [0.25, 0.3) is 22.8 Å². The van der Waals surface area contributed by atoms with Gasteiger partial charge in [-0.3, -0.25) is 4.79 Å². The number of amides is 1. The smallest absolute Gasteiger partial charge is 0.258 e. The molecule has 0 radical (unpaired) electrons. The van der Waals surface area contributed by atoms with Crippen LogP contribution in [0.5, 0.6) is 5.75 Å². The van der Waals surface area contributed by atoms with Crippen molar-refractivity contribution in [1.29, 1.82) is 0 Å². The zero-order chi connectivity index (χ0) is 20.2. The summed E-state index contributed by atoms with van der Waals surface area (Å²) in [5, 5.41) is 6.93. The van der Waals surface area contributed by atoms with E-state index in [1.165, 1.54) is 0 Å². The highest BCUT2D eigenvalue weighted by molar-refractivity contribution is 6.04. The Balaban J connectivity index is 1.48. The summed E-state index contributed by atoms with van der Waals surface area (Å²) in [5.74, 6) is 1.52. The number of ether oxygens (including phenoxy) is 1. The molecule has 0 unspecified atom stereocenters. The first-order valence-corrected chi connectivity index (χ1v) is 9.09. The molecule has 1 heterocycles. The molecule has 0 fully saturated rings. The highest BCUT2D eigenvalue weighted by Gasteiger charge is 2.12. The van der Waals surface area contributed by atoms with Gasteiger partial charge in [-0.25, -0.2) is 0 Å². The Bertz CT molecular complexity index is 1130. The number of nitrogens with zero attached hydrogens (tertiary/aromatic N) is 2. The van der Waals surface area contributed by atoms with Crippen molar-refractivity contribution in [2.45, 2.75) is 6.92 Å². The lowest BCUT2D eigenvalue weighted by Crippen LogP contribution is -2.11. The lowest BCUT2D eigenvalue weighted by atomic mass is 10.1. The number of carbonyl (C=O) groups is 1. The van der Waals surface area contributed by atoms with E-state index in [4.69, 9.17) is 9.26 Å². The van der Waals surface area contributed by atoms with Crippen molar-refractivity contribution < 1.29 is 14.1 Å². The van der Waals surface area contributed by atoms with Crippen molar-refractivity contribution in [3.63, 3.8) is 0 Å². The van der Waals surface area contributed by atoms with Crippen LogP contribution < -0.4 is 10.1 Å². The number of hydrogen-bond acceptors (Lipinski definition) is 5. The number of rotatable bonds is 5. The maximum Gasteiger partial charge on any atom is 0.258 e. The number of nitrogens with one attached hydrogen (secondary N) is 1. The number of anilines is 1. The van der Waals surface area contributed by atoms with Crippen LogP contribution in [0.15, 0.2) is 77.3 Å². The van der Waals surface area contributed by atoms with Gasteiger partial charge >= 0.3 is 0 Å². The molecule has 1 aromatic heterocycles. The van der Waals surface area contributed by atoms with Gasteiger partial charge in [-0.15, -0.1) is 0 Å². The minimum Gasteiger partial charge on any atom is -0.497 e. The summed E-state index contributed by atoms with van der Waals surface area (Å²) < 4.78 is 10.5. The second-order valence-corrected chi connectivity index (χ2v) is 6.55. The maximum atomic E-state index is 12.4. The number of aromatic nitrogens is 2. The minimum absolute atomic E-state index is 0.152. The molecular weight excluding hydrogens is 366 g/mol. The molecule has 0 saturated heterocycles. The Morgan fingerprint density at radius 1 is 0.966 bits per heavy atom. The van der Waals surface area contributed by atoms with Crippen LogP contribution in [-0.4, -0.2) is 23.2 Å². The molecular formula is C23H19N3O3.